The van der Waals surface area contributed by atoms with E-state index in [0.717, 1.165) is 10.7 Å². The van der Waals surface area contributed by atoms with Crippen molar-refractivity contribution in [1.82, 2.24) is 19.9 Å². The van der Waals surface area contributed by atoms with Gasteiger partial charge in [0.05, 0.1) is 18.7 Å². The van der Waals surface area contributed by atoms with Crippen LogP contribution in [-0.2, 0) is 16.1 Å². The van der Waals surface area contributed by atoms with Gasteiger partial charge in [0.15, 0.2) is 10.8 Å². The molecule has 0 saturated heterocycles. The van der Waals surface area contributed by atoms with E-state index in [2.05, 4.69) is 15.0 Å². The van der Waals surface area contributed by atoms with Gasteiger partial charge < -0.3 is 4.74 Å². The molecule has 2 rings (SSSR count). The van der Waals surface area contributed by atoms with E-state index in [1.807, 2.05) is 24.3 Å². The first-order valence-corrected chi connectivity index (χ1v) is 7.46. The van der Waals surface area contributed by atoms with Crippen molar-refractivity contribution in [1.29, 1.82) is 0 Å². The first kappa shape index (κ1) is 15.5. The molecule has 0 spiro atoms. The molecule has 21 heavy (non-hydrogen) atoms. The molecule has 0 aliphatic carbocycles. The lowest BCUT2D eigenvalue weighted by Gasteiger charge is -2.18. The number of nitrogens with zero attached hydrogens (tertiary/aromatic N) is 4. The van der Waals surface area contributed by atoms with Gasteiger partial charge in [-0.15, -0.1) is 11.3 Å². The van der Waals surface area contributed by atoms with E-state index in [0.29, 0.717) is 18.9 Å². The molecule has 1 atom stereocenters. The summed E-state index contributed by atoms with van der Waals surface area (Å²) in [6, 6.07) is 1.78. The molecule has 2 heterocycles. The maximum atomic E-state index is 11.4. The molecule has 0 amide bonds. The molecule has 0 bridgehead atoms. The van der Waals surface area contributed by atoms with Crippen LogP contribution in [0.25, 0.3) is 10.8 Å². The van der Waals surface area contributed by atoms with Crippen LogP contribution in [0.2, 0.25) is 0 Å². The van der Waals surface area contributed by atoms with E-state index in [1.165, 1.54) is 18.4 Å². The molecular formula is C14H18N4O2S. The molecule has 2 aromatic heterocycles. The minimum absolute atomic E-state index is 0.157. The van der Waals surface area contributed by atoms with Gasteiger partial charge in [0.1, 0.15) is 0 Å². The summed E-state index contributed by atoms with van der Waals surface area (Å²) in [5.74, 6) is 0.286. The Hall–Kier alpha value is -1.86. The molecule has 0 aromatic carbocycles. The molecule has 0 fully saturated rings. The average Bonchev–Trinajstić information content (AvgIpc) is 2.95. The monoisotopic (exact) mass is 306 g/mol. The third kappa shape index (κ3) is 4.30. The Kier molecular flexibility index (Phi) is 5.35. The topological polar surface area (TPSA) is 68.2 Å². The van der Waals surface area contributed by atoms with Crippen LogP contribution in [0.3, 0.4) is 0 Å². The van der Waals surface area contributed by atoms with Crippen LogP contribution < -0.4 is 0 Å². The first-order valence-electron chi connectivity index (χ1n) is 6.58. The van der Waals surface area contributed by atoms with E-state index in [9.17, 15) is 4.79 Å². The van der Waals surface area contributed by atoms with Gasteiger partial charge in [-0.25, -0.2) is 15.0 Å². The largest absolute Gasteiger partial charge is 0.469 e. The zero-order valence-corrected chi connectivity index (χ0v) is 13.1. The molecule has 112 valence electrons. The van der Waals surface area contributed by atoms with Gasteiger partial charge in [-0.3, -0.25) is 9.69 Å². The van der Waals surface area contributed by atoms with Crippen LogP contribution in [0.15, 0.2) is 23.8 Å². The minimum atomic E-state index is -0.196. The molecule has 0 saturated carbocycles. The predicted octanol–water partition coefficient (Wildman–Crippen LogP) is 1.84. The Morgan fingerprint density at radius 3 is 2.81 bits per heavy atom. The Bertz CT molecular complexity index is 588. The standard InChI is InChI=1S/C14H18N4O2S/c1-10(14(19)20-3)7-18(2)8-11-9-21-13(17-11)12-15-5-4-6-16-12/h4-6,9-10H,7-8H2,1-3H3/t10-/m0/s1. The summed E-state index contributed by atoms with van der Waals surface area (Å²) >= 11 is 1.52. The van der Waals surface area contributed by atoms with Crippen LogP contribution in [0.1, 0.15) is 12.6 Å². The normalized spacial score (nSPS) is 12.4. The van der Waals surface area contributed by atoms with E-state index < -0.39 is 0 Å². The summed E-state index contributed by atoms with van der Waals surface area (Å²) in [6.45, 7) is 3.15. The Labute approximate surface area is 127 Å². The highest BCUT2D eigenvalue weighted by atomic mass is 32.1. The second-order valence-electron chi connectivity index (χ2n) is 4.84. The summed E-state index contributed by atoms with van der Waals surface area (Å²) < 4.78 is 4.73. The number of hydrogen-bond donors (Lipinski definition) is 0. The maximum Gasteiger partial charge on any atom is 0.309 e. The smallest absolute Gasteiger partial charge is 0.309 e. The fourth-order valence-corrected chi connectivity index (χ4v) is 2.73. The molecule has 0 radical (unpaired) electrons. The lowest BCUT2D eigenvalue weighted by Crippen LogP contribution is -2.29. The Morgan fingerprint density at radius 2 is 2.14 bits per heavy atom. The van der Waals surface area contributed by atoms with Crippen LogP contribution in [0.5, 0.6) is 0 Å². The summed E-state index contributed by atoms with van der Waals surface area (Å²) in [5.41, 5.74) is 0.946. The van der Waals surface area contributed by atoms with Gasteiger partial charge in [-0.05, 0) is 13.1 Å². The predicted molar refractivity (Wildman–Crippen MR) is 80.7 cm³/mol. The highest BCUT2D eigenvalue weighted by molar-refractivity contribution is 7.13. The van der Waals surface area contributed by atoms with Gasteiger partial charge >= 0.3 is 5.97 Å². The molecule has 2 aromatic rings. The van der Waals surface area contributed by atoms with Gasteiger partial charge in [-0.1, -0.05) is 6.92 Å². The number of esters is 1. The van der Waals surface area contributed by atoms with Gasteiger partial charge in [0.25, 0.3) is 0 Å². The fourth-order valence-electron chi connectivity index (χ4n) is 1.98. The lowest BCUT2D eigenvalue weighted by atomic mass is 10.2. The number of thiazole rings is 1. The van der Waals surface area contributed by atoms with Crippen LogP contribution in [0, 0.1) is 5.92 Å². The summed E-state index contributed by atoms with van der Waals surface area (Å²) in [5, 5.41) is 2.80. The van der Waals surface area contributed by atoms with Crippen molar-refractivity contribution in [2.75, 3.05) is 20.7 Å². The highest BCUT2D eigenvalue weighted by Gasteiger charge is 2.16. The van der Waals surface area contributed by atoms with Crippen molar-refractivity contribution in [2.24, 2.45) is 5.92 Å². The van der Waals surface area contributed by atoms with Crippen LogP contribution in [-0.4, -0.2) is 46.5 Å². The molecule has 0 N–H and O–H groups in total. The molecular weight excluding hydrogens is 288 g/mol. The first-order chi connectivity index (χ1) is 10.1. The van der Waals surface area contributed by atoms with E-state index in [1.54, 1.807) is 18.5 Å². The molecule has 0 aliphatic heterocycles. The van der Waals surface area contributed by atoms with E-state index in [4.69, 9.17) is 4.74 Å². The number of carbonyl (C=O) groups is 1. The summed E-state index contributed by atoms with van der Waals surface area (Å²) in [6.07, 6.45) is 3.40. The van der Waals surface area contributed by atoms with E-state index >= 15 is 0 Å². The fraction of sp³-hybridized carbons (Fsp3) is 0.429. The third-order valence-corrected chi connectivity index (χ3v) is 3.82. The third-order valence-electron chi connectivity index (χ3n) is 2.93. The maximum absolute atomic E-state index is 11.4. The van der Waals surface area contributed by atoms with E-state index in [-0.39, 0.29) is 11.9 Å². The SMILES string of the molecule is COC(=O)[C@@H](C)CN(C)Cc1csc(-c2ncccn2)n1. The zero-order chi connectivity index (χ0) is 15.2. The second kappa shape index (κ2) is 7.24. The average molecular weight is 306 g/mol. The number of ether oxygens (including phenoxy) is 1. The Balaban J connectivity index is 1.95. The van der Waals surface area contributed by atoms with Crippen molar-refractivity contribution in [3.05, 3.63) is 29.5 Å². The quantitative estimate of drug-likeness (QED) is 0.759. The van der Waals surface area contributed by atoms with Gasteiger partial charge in [-0.2, -0.15) is 0 Å². The molecule has 6 nitrogen and oxygen atoms in total. The molecule has 7 heteroatoms. The van der Waals surface area contributed by atoms with Crippen molar-refractivity contribution < 1.29 is 9.53 Å². The molecule has 0 aliphatic rings. The molecule has 0 unspecified atom stereocenters. The van der Waals surface area contributed by atoms with Crippen LogP contribution in [0.4, 0.5) is 0 Å². The number of methoxy groups -OCH3 is 1. The zero-order valence-electron chi connectivity index (χ0n) is 12.3. The van der Waals surface area contributed by atoms with Gasteiger partial charge in [0.2, 0.25) is 0 Å². The number of aromatic nitrogens is 3. The van der Waals surface area contributed by atoms with Crippen molar-refractivity contribution in [3.63, 3.8) is 0 Å². The van der Waals surface area contributed by atoms with Crippen molar-refractivity contribution in [3.8, 4) is 10.8 Å². The number of hydrogen-bond acceptors (Lipinski definition) is 7. The summed E-state index contributed by atoms with van der Waals surface area (Å²) in [7, 11) is 3.36. The van der Waals surface area contributed by atoms with Crippen LogP contribution >= 0.6 is 11.3 Å². The second-order valence-corrected chi connectivity index (χ2v) is 5.70. The summed E-state index contributed by atoms with van der Waals surface area (Å²) in [4.78, 5) is 26.4. The van der Waals surface area contributed by atoms with Crippen molar-refractivity contribution in [2.45, 2.75) is 13.5 Å². The minimum Gasteiger partial charge on any atom is -0.469 e. The Morgan fingerprint density at radius 1 is 1.43 bits per heavy atom. The number of rotatable bonds is 6. The van der Waals surface area contributed by atoms with Gasteiger partial charge in [0, 0.05) is 30.9 Å². The number of carbonyl (C=O) groups excluding carboxylic acids is 1. The van der Waals surface area contributed by atoms with Crippen molar-refractivity contribution >= 4 is 17.3 Å². The lowest BCUT2D eigenvalue weighted by molar-refractivity contribution is -0.145. The highest BCUT2D eigenvalue weighted by Crippen LogP contribution is 2.20.